The van der Waals surface area contributed by atoms with E-state index in [-0.39, 0.29) is 0 Å². The minimum atomic E-state index is -0.837. The zero-order valence-electron chi connectivity index (χ0n) is 23.1. The number of benzene rings is 2. The maximum absolute atomic E-state index is 12.4. The van der Waals surface area contributed by atoms with Crippen LogP contribution in [0.2, 0.25) is 0 Å². The Labute approximate surface area is 215 Å². The predicted octanol–water partition coefficient (Wildman–Crippen LogP) is 5.03. The maximum atomic E-state index is 12.4. The largest absolute Gasteiger partial charge is 0.467 e. The number of carbonyl (C=O) groups excluding carboxylic acids is 2. The smallest absolute Gasteiger partial charge is 0.408 e. The topological polar surface area (TPSA) is 70.9 Å². The highest BCUT2D eigenvalue weighted by Gasteiger charge is 2.29. The van der Waals surface area contributed by atoms with Gasteiger partial charge in [0, 0.05) is 6.42 Å². The fourth-order valence-corrected chi connectivity index (χ4v) is 5.10. The molecule has 0 fully saturated rings. The SMILES string of the molecule is COC(=O)[C@H](Cc1cc(C)c(N2C=[N+](c3c(C)cc(C)cc3C)CC2)c(C)c1)NC(=O)OC(C)(C)C. The highest BCUT2D eigenvalue weighted by atomic mass is 16.6. The number of rotatable bonds is 6. The van der Waals surface area contributed by atoms with Gasteiger partial charge in [-0.05, 0) is 83.2 Å². The summed E-state index contributed by atoms with van der Waals surface area (Å²) in [6.45, 7) is 17.8. The van der Waals surface area contributed by atoms with Gasteiger partial charge >= 0.3 is 12.1 Å². The number of hydrogen-bond acceptors (Lipinski definition) is 5. The third kappa shape index (κ3) is 6.45. The van der Waals surface area contributed by atoms with E-state index < -0.39 is 23.7 Å². The molecule has 36 heavy (non-hydrogen) atoms. The highest BCUT2D eigenvalue weighted by molar-refractivity contribution is 5.83. The van der Waals surface area contributed by atoms with Crippen molar-refractivity contribution in [1.29, 1.82) is 0 Å². The minimum absolute atomic E-state index is 0.311. The summed E-state index contributed by atoms with van der Waals surface area (Å²) in [7, 11) is 1.32. The first kappa shape index (κ1) is 27.2. The van der Waals surface area contributed by atoms with E-state index in [1.165, 1.54) is 35.2 Å². The molecular formula is C29H40N3O4+. The monoisotopic (exact) mass is 494 g/mol. The molecular weight excluding hydrogens is 454 g/mol. The molecule has 194 valence electrons. The number of anilines is 1. The van der Waals surface area contributed by atoms with Crippen LogP contribution < -0.4 is 10.2 Å². The molecule has 0 bridgehead atoms. The van der Waals surface area contributed by atoms with Gasteiger partial charge in [-0.25, -0.2) is 19.1 Å². The molecule has 0 aliphatic carbocycles. The molecule has 2 aromatic carbocycles. The van der Waals surface area contributed by atoms with Crippen molar-refractivity contribution in [2.75, 3.05) is 25.1 Å². The summed E-state index contributed by atoms with van der Waals surface area (Å²) in [6, 6.07) is 7.78. The number of alkyl carbamates (subject to hydrolysis) is 1. The van der Waals surface area contributed by atoms with Crippen molar-refractivity contribution < 1.29 is 23.6 Å². The van der Waals surface area contributed by atoms with Gasteiger partial charge < -0.3 is 14.8 Å². The lowest BCUT2D eigenvalue weighted by molar-refractivity contribution is -0.425. The van der Waals surface area contributed by atoms with Gasteiger partial charge in [0.05, 0.1) is 7.11 Å². The Morgan fingerprint density at radius 1 is 1.00 bits per heavy atom. The number of amides is 1. The van der Waals surface area contributed by atoms with Gasteiger partial charge in [0.15, 0.2) is 0 Å². The van der Waals surface area contributed by atoms with E-state index in [9.17, 15) is 9.59 Å². The molecule has 7 heteroatoms. The lowest BCUT2D eigenvalue weighted by Crippen LogP contribution is -2.45. The van der Waals surface area contributed by atoms with Crippen LogP contribution in [0.1, 0.15) is 54.2 Å². The fourth-order valence-electron chi connectivity index (χ4n) is 5.10. The second-order valence-electron chi connectivity index (χ2n) is 10.8. The minimum Gasteiger partial charge on any atom is -0.467 e. The van der Waals surface area contributed by atoms with Crippen LogP contribution in [0, 0.1) is 34.6 Å². The second kappa shape index (κ2) is 10.7. The summed E-state index contributed by atoms with van der Waals surface area (Å²) in [6.07, 6.45) is 1.86. The van der Waals surface area contributed by atoms with Crippen molar-refractivity contribution in [3.05, 3.63) is 57.6 Å². The number of nitrogens with one attached hydrogen (secondary N) is 1. The Hall–Kier alpha value is -3.35. The molecule has 3 rings (SSSR count). The number of ether oxygens (including phenoxy) is 2. The molecule has 0 saturated heterocycles. The zero-order chi connectivity index (χ0) is 26.8. The van der Waals surface area contributed by atoms with Crippen LogP contribution in [0.4, 0.5) is 16.2 Å². The van der Waals surface area contributed by atoms with Crippen LogP contribution in [-0.2, 0) is 20.7 Å². The molecule has 1 aliphatic rings. The van der Waals surface area contributed by atoms with Crippen LogP contribution >= 0.6 is 0 Å². The van der Waals surface area contributed by atoms with Gasteiger partial charge in [0.1, 0.15) is 36.1 Å². The third-order valence-electron chi connectivity index (χ3n) is 6.24. The summed E-state index contributed by atoms with van der Waals surface area (Å²) in [5, 5.41) is 2.66. The molecule has 0 spiro atoms. The number of methoxy groups -OCH3 is 1. The Morgan fingerprint density at radius 2 is 1.58 bits per heavy atom. The molecule has 1 N–H and O–H groups in total. The predicted molar refractivity (Wildman–Crippen MR) is 144 cm³/mol. The zero-order valence-corrected chi connectivity index (χ0v) is 23.1. The van der Waals surface area contributed by atoms with Crippen molar-refractivity contribution in [3.63, 3.8) is 0 Å². The second-order valence-corrected chi connectivity index (χ2v) is 10.8. The molecule has 1 heterocycles. The first-order valence-electron chi connectivity index (χ1n) is 12.4. The van der Waals surface area contributed by atoms with Crippen LogP contribution in [0.15, 0.2) is 24.3 Å². The molecule has 0 radical (unpaired) electrons. The van der Waals surface area contributed by atoms with Gasteiger partial charge in [-0.15, -0.1) is 0 Å². The van der Waals surface area contributed by atoms with Gasteiger partial charge in [0.25, 0.3) is 0 Å². The molecule has 2 aromatic rings. The van der Waals surface area contributed by atoms with Crippen molar-refractivity contribution in [1.82, 2.24) is 5.32 Å². The number of hydrogen-bond donors (Lipinski definition) is 1. The normalized spacial score (nSPS) is 14.4. The van der Waals surface area contributed by atoms with E-state index in [1.807, 2.05) is 0 Å². The van der Waals surface area contributed by atoms with Gasteiger partial charge in [-0.1, -0.05) is 29.8 Å². The Kier molecular flexibility index (Phi) is 8.12. The molecule has 0 saturated carbocycles. The number of esters is 1. The van der Waals surface area contributed by atoms with Gasteiger partial charge in [-0.2, -0.15) is 0 Å². The fraction of sp³-hybridized carbons (Fsp3) is 0.483. The van der Waals surface area contributed by atoms with Crippen molar-refractivity contribution in [2.24, 2.45) is 0 Å². The standard InChI is InChI=1S/C29H39N3O4/c1-18-12-19(2)25(20(3)13-18)31-10-11-32(17-31)26-21(4)14-23(15-22(26)5)16-24(27(33)35-9)30-28(34)36-29(6,7)8/h12-15,17,24H,10-11,16H2,1-9H3/p+1/t24-/m0/s1. The van der Waals surface area contributed by atoms with Gasteiger partial charge in [0.2, 0.25) is 6.34 Å². The summed E-state index contributed by atoms with van der Waals surface area (Å²) in [4.78, 5) is 27.0. The van der Waals surface area contributed by atoms with E-state index >= 15 is 0 Å². The van der Waals surface area contributed by atoms with E-state index in [4.69, 9.17) is 9.47 Å². The summed E-state index contributed by atoms with van der Waals surface area (Å²) < 4.78 is 12.6. The average Bonchev–Trinajstić information content (AvgIpc) is 3.19. The van der Waals surface area contributed by atoms with Crippen LogP contribution in [-0.4, -0.2) is 54.8 Å². The third-order valence-corrected chi connectivity index (χ3v) is 6.24. The van der Waals surface area contributed by atoms with E-state index in [1.54, 1.807) is 20.8 Å². The molecule has 1 amide bonds. The molecule has 1 aliphatic heterocycles. The number of aryl methyl sites for hydroxylation is 5. The summed E-state index contributed by atoms with van der Waals surface area (Å²) in [5.74, 6) is -0.507. The van der Waals surface area contributed by atoms with Crippen molar-refractivity contribution in [2.45, 2.75) is 73.5 Å². The van der Waals surface area contributed by atoms with Gasteiger partial charge in [-0.3, -0.25) is 0 Å². The van der Waals surface area contributed by atoms with Crippen molar-refractivity contribution >= 4 is 29.8 Å². The Balaban J connectivity index is 1.84. The number of nitrogens with zero attached hydrogens (tertiary/aromatic N) is 2. The summed E-state index contributed by atoms with van der Waals surface area (Å²) in [5.41, 5.74) is 8.78. The Morgan fingerprint density at radius 3 is 2.11 bits per heavy atom. The maximum Gasteiger partial charge on any atom is 0.408 e. The van der Waals surface area contributed by atoms with Crippen LogP contribution in [0.25, 0.3) is 0 Å². The van der Waals surface area contributed by atoms with Crippen LogP contribution in [0.5, 0.6) is 0 Å². The first-order chi connectivity index (χ1) is 16.8. The lowest BCUT2D eigenvalue weighted by Gasteiger charge is -2.23. The molecule has 7 nitrogen and oxygen atoms in total. The lowest BCUT2D eigenvalue weighted by atomic mass is 9.98. The van der Waals surface area contributed by atoms with E-state index in [0.29, 0.717) is 6.42 Å². The number of carbonyl (C=O) groups is 2. The molecule has 0 unspecified atom stereocenters. The van der Waals surface area contributed by atoms with Crippen LogP contribution in [0.3, 0.4) is 0 Å². The average molecular weight is 495 g/mol. The highest BCUT2D eigenvalue weighted by Crippen LogP contribution is 2.30. The quantitative estimate of drug-likeness (QED) is 0.451. The van der Waals surface area contributed by atoms with E-state index in [0.717, 1.165) is 29.8 Å². The molecule has 1 atom stereocenters. The summed E-state index contributed by atoms with van der Waals surface area (Å²) >= 11 is 0. The van der Waals surface area contributed by atoms with Crippen molar-refractivity contribution in [3.8, 4) is 0 Å². The molecule has 0 aromatic heterocycles. The first-order valence-corrected chi connectivity index (χ1v) is 12.4. The Bertz CT molecular complexity index is 1150. The van der Waals surface area contributed by atoms with E-state index in [2.05, 4.69) is 80.0 Å².